The van der Waals surface area contributed by atoms with Gasteiger partial charge in [0.05, 0.1) is 0 Å². The molecule has 0 aliphatic heterocycles. The molecule has 0 unspecified atom stereocenters. The summed E-state index contributed by atoms with van der Waals surface area (Å²) in [6, 6.07) is 4.16. The Morgan fingerprint density at radius 3 is 2.50 bits per heavy atom. The Morgan fingerprint density at radius 2 is 1.80 bits per heavy atom. The molecule has 0 radical (unpaired) electrons. The zero-order valence-electron chi connectivity index (χ0n) is 12.9. The zero-order valence-corrected chi connectivity index (χ0v) is 12.9. The SMILES string of the molecule is C=C(/C=C\C=C(C)C)NCCCCCCn1cccc1. The number of aromatic nitrogens is 1. The van der Waals surface area contributed by atoms with E-state index in [1.54, 1.807) is 0 Å². The Balaban J connectivity index is 1.95. The van der Waals surface area contributed by atoms with Crippen LogP contribution in [0.15, 0.2) is 60.6 Å². The largest absolute Gasteiger partial charge is 0.386 e. The summed E-state index contributed by atoms with van der Waals surface area (Å²) in [5.74, 6) is 0. The fourth-order valence-corrected chi connectivity index (χ4v) is 1.96. The summed E-state index contributed by atoms with van der Waals surface area (Å²) < 4.78 is 2.24. The van der Waals surface area contributed by atoms with Crippen LogP contribution < -0.4 is 5.32 Å². The molecule has 1 rings (SSSR count). The molecule has 0 saturated carbocycles. The molecule has 0 aliphatic carbocycles. The van der Waals surface area contributed by atoms with Gasteiger partial charge in [-0.3, -0.25) is 0 Å². The molecule has 1 aromatic heterocycles. The minimum absolute atomic E-state index is 0.995. The van der Waals surface area contributed by atoms with E-state index in [-0.39, 0.29) is 0 Å². The van der Waals surface area contributed by atoms with E-state index in [0.29, 0.717) is 0 Å². The maximum atomic E-state index is 3.99. The molecule has 0 aliphatic rings. The molecule has 0 saturated heterocycles. The normalized spacial score (nSPS) is 10.7. The summed E-state index contributed by atoms with van der Waals surface area (Å²) >= 11 is 0. The highest BCUT2D eigenvalue weighted by atomic mass is 14.9. The van der Waals surface area contributed by atoms with Crippen LogP contribution in [-0.4, -0.2) is 11.1 Å². The van der Waals surface area contributed by atoms with E-state index in [1.165, 1.54) is 31.3 Å². The number of hydrogen-bond donors (Lipinski definition) is 1. The minimum Gasteiger partial charge on any atom is -0.386 e. The molecule has 1 N–H and O–H groups in total. The molecule has 0 spiro atoms. The fraction of sp³-hybridized carbons (Fsp3) is 0.444. The molecule has 1 heterocycles. The summed E-state index contributed by atoms with van der Waals surface area (Å²) in [6.45, 7) is 10.3. The third-order valence-electron chi connectivity index (χ3n) is 3.09. The summed E-state index contributed by atoms with van der Waals surface area (Å²) in [5, 5.41) is 3.35. The van der Waals surface area contributed by atoms with Crippen LogP contribution in [0.1, 0.15) is 39.5 Å². The first-order valence-corrected chi connectivity index (χ1v) is 7.53. The van der Waals surface area contributed by atoms with Gasteiger partial charge in [-0.05, 0) is 44.9 Å². The van der Waals surface area contributed by atoms with E-state index in [0.717, 1.165) is 18.8 Å². The van der Waals surface area contributed by atoms with E-state index in [1.807, 2.05) is 12.2 Å². The average molecular weight is 272 g/mol. The molecule has 0 aromatic carbocycles. The van der Waals surface area contributed by atoms with Crippen LogP contribution in [0.25, 0.3) is 0 Å². The first kappa shape index (κ1) is 16.4. The van der Waals surface area contributed by atoms with Crippen molar-refractivity contribution in [1.82, 2.24) is 9.88 Å². The quantitative estimate of drug-likeness (QED) is 0.483. The highest BCUT2D eigenvalue weighted by molar-refractivity contribution is 5.19. The third kappa shape index (κ3) is 8.41. The van der Waals surface area contributed by atoms with Gasteiger partial charge in [-0.15, -0.1) is 0 Å². The molecular weight excluding hydrogens is 244 g/mol. The van der Waals surface area contributed by atoms with Crippen LogP contribution in [-0.2, 0) is 6.54 Å². The molecule has 0 fully saturated rings. The Kier molecular flexibility index (Phi) is 8.28. The smallest absolute Gasteiger partial charge is 0.0267 e. The molecule has 20 heavy (non-hydrogen) atoms. The molecule has 110 valence electrons. The maximum Gasteiger partial charge on any atom is 0.0267 e. The number of allylic oxidation sites excluding steroid dienone is 4. The first-order chi connectivity index (χ1) is 9.68. The van der Waals surface area contributed by atoms with Crippen LogP contribution in [0.3, 0.4) is 0 Å². The van der Waals surface area contributed by atoms with Crippen molar-refractivity contribution in [2.75, 3.05) is 6.54 Å². The number of hydrogen-bond acceptors (Lipinski definition) is 1. The van der Waals surface area contributed by atoms with Crippen molar-refractivity contribution >= 4 is 0 Å². The molecule has 0 amide bonds. The summed E-state index contributed by atoms with van der Waals surface area (Å²) in [5.41, 5.74) is 2.30. The van der Waals surface area contributed by atoms with Gasteiger partial charge in [0.15, 0.2) is 0 Å². The van der Waals surface area contributed by atoms with Gasteiger partial charge in [-0.2, -0.15) is 0 Å². The van der Waals surface area contributed by atoms with Crippen LogP contribution >= 0.6 is 0 Å². The second kappa shape index (κ2) is 10.1. The van der Waals surface area contributed by atoms with Gasteiger partial charge in [-0.25, -0.2) is 0 Å². The molecule has 1 aromatic rings. The second-order valence-electron chi connectivity index (χ2n) is 5.39. The average Bonchev–Trinajstić information content (AvgIpc) is 2.90. The third-order valence-corrected chi connectivity index (χ3v) is 3.09. The van der Waals surface area contributed by atoms with Crippen molar-refractivity contribution in [3.8, 4) is 0 Å². The molecular formula is C18H28N2. The monoisotopic (exact) mass is 272 g/mol. The lowest BCUT2D eigenvalue weighted by Crippen LogP contribution is -2.12. The van der Waals surface area contributed by atoms with Gasteiger partial charge < -0.3 is 9.88 Å². The van der Waals surface area contributed by atoms with E-state index in [4.69, 9.17) is 0 Å². The van der Waals surface area contributed by atoms with Crippen molar-refractivity contribution in [3.05, 3.63) is 60.6 Å². The summed E-state index contributed by atoms with van der Waals surface area (Å²) in [4.78, 5) is 0. The topological polar surface area (TPSA) is 17.0 Å². The van der Waals surface area contributed by atoms with Crippen molar-refractivity contribution in [1.29, 1.82) is 0 Å². The van der Waals surface area contributed by atoms with Gasteiger partial charge in [-0.1, -0.05) is 37.1 Å². The maximum absolute atomic E-state index is 3.99. The fourth-order valence-electron chi connectivity index (χ4n) is 1.96. The predicted octanol–water partition coefficient (Wildman–Crippen LogP) is 4.67. The number of aryl methyl sites for hydroxylation is 1. The predicted molar refractivity (Wildman–Crippen MR) is 88.6 cm³/mol. The Labute approximate surface area is 123 Å². The molecule has 2 nitrogen and oxygen atoms in total. The van der Waals surface area contributed by atoms with E-state index in [2.05, 4.69) is 60.9 Å². The van der Waals surface area contributed by atoms with Gasteiger partial charge in [0, 0.05) is 31.2 Å². The summed E-state index contributed by atoms with van der Waals surface area (Å²) in [6.07, 6.45) is 15.5. The Morgan fingerprint density at radius 1 is 1.10 bits per heavy atom. The number of nitrogens with zero attached hydrogens (tertiary/aromatic N) is 1. The second-order valence-corrected chi connectivity index (χ2v) is 5.39. The van der Waals surface area contributed by atoms with Gasteiger partial charge >= 0.3 is 0 Å². The highest BCUT2D eigenvalue weighted by Crippen LogP contribution is 2.03. The van der Waals surface area contributed by atoms with Crippen molar-refractivity contribution < 1.29 is 0 Å². The lowest BCUT2D eigenvalue weighted by Gasteiger charge is -2.06. The Bertz CT molecular complexity index is 420. The minimum atomic E-state index is 0.995. The Hall–Kier alpha value is -1.70. The van der Waals surface area contributed by atoms with E-state index >= 15 is 0 Å². The van der Waals surface area contributed by atoms with Crippen LogP contribution in [0.2, 0.25) is 0 Å². The first-order valence-electron chi connectivity index (χ1n) is 7.53. The van der Waals surface area contributed by atoms with Gasteiger partial charge in [0.2, 0.25) is 0 Å². The van der Waals surface area contributed by atoms with Crippen molar-refractivity contribution in [2.45, 2.75) is 46.1 Å². The van der Waals surface area contributed by atoms with E-state index in [9.17, 15) is 0 Å². The number of unbranched alkanes of at least 4 members (excludes halogenated alkanes) is 3. The standard InChI is InChI=1S/C18H28N2/c1-17(2)11-10-12-18(3)19-13-6-4-5-7-14-20-15-8-9-16-20/h8-12,15-16,19H,3-7,13-14H2,1-2H3/b12-10-. The van der Waals surface area contributed by atoms with E-state index < -0.39 is 0 Å². The lowest BCUT2D eigenvalue weighted by atomic mass is 10.2. The molecule has 0 bridgehead atoms. The number of rotatable bonds is 10. The molecule has 0 atom stereocenters. The lowest BCUT2D eigenvalue weighted by molar-refractivity contribution is 0.566. The zero-order chi connectivity index (χ0) is 14.6. The van der Waals surface area contributed by atoms with Crippen LogP contribution in [0.5, 0.6) is 0 Å². The summed E-state index contributed by atoms with van der Waals surface area (Å²) in [7, 11) is 0. The van der Waals surface area contributed by atoms with Crippen LogP contribution in [0.4, 0.5) is 0 Å². The van der Waals surface area contributed by atoms with Crippen molar-refractivity contribution in [3.63, 3.8) is 0 Å². The molecule has 2 heteroatoms. The van der Waals surface area contributed by atoms with Crippen LogP contribution in [0, 0.1) is 0 Å². The van der Waals surface area contributed by atoms with Gasteiger partial charge in [0.1, 0.15) is 0 Å². The highest BCUT2D eigenvalue weighted by Gasteiger charge is 1.92. The van der Waals surface area contributed by atoms with Gasteiger partial charge in [0.25, 0.3) is 0 Å². The number of nitrogens with one attached hydrogen (secondary N) is 1. The van der Waals surface area contributed by atoms with Crippen molar-refractivity contribution in [2.24, 2.45) is 0 Å².